The van der Waals surface area contributed by atoms with E-state index in [-0.39, 0.29) is 5.91 Å². The summed E-state index contributed by atoms with van der Waals surface area (Å²) in [6.07, 6.45) is 7.06. The number of rotatable bonds is 4. The summed E-state index contributed by atoms with van der Waals surface area (Å²) in [5, 5.41) is 3.03. The van der Waals surface area contributed by atoms with Crippen LogP contribution in [-0.4, -0.2) is 36.7 Å². The van der Waals surface area contributed by atoms with E-state index in [4.69, 9.17) is 0 Å². The first-order valence-electron chi connectivity index (χ1n) is 6.95. The molecule has 0 aromatic heterocycles. The van der Waals surface area contributed by atoms with Crippen molar-refractivity contribution >= 4 is 23.4 Å². The lowest BCUT2D eigenvalue weighted by molar-refractivity contribution is -0.117. The summed E-state index contributed by atoms with van der Waals surface area (Å²) < 4.78 is 0. The summed E-state index contributed by atoms with van der Waals surface area (Å²) >= 11 is 1.66. The van der Waals surface area contributed by atoms with Crippen LogP contribution in [0.4, 0.5) is 5.69 Å². The third kappa shape index (κ3) is 4.55. The topological polar surface area (TPSA) is 32.3 Å². The maximum atomic E-state index is 12.1. The molecule has 1 aliphatic rings. The zero-order chi connectivity index (χ0) is 13.5. The predicted octanol–water partition coefficient (Wildman–Crippen LogP) is 3.22. The van der Waals surface area contributed by atoms with E-state index in [1.54, 1.807) is 11.8 Å². The zero-order valence-corrected chi connectivity index (χ0v) is 12.3. The molecule has 0 atom stereocenters. The molecule has 1 aromatic carbocycles. The molecule has 1 amide bonds. The van der Waals surface area contributed by atoms with Gasteiger partial charge < -0.3 is 5.32 Å². The van der Waals surface area contributed by atoms with Crippen molar-refractivity contribution in [1.82, 2.24) is 4.90 Å². The van der Waals surface area contributed by atoms with Crippen molar-refractivity contribution in [3.63, 3.8) is 0 Å². The normalized spacial score (nSPS) is 16.9. The van der Waals surface area contributed by atoms with E-state index in [0.29, 0.717) is 6.54 Å². The largest absolute Gasteiger partial charge is 0.324 e. The Balaban J connectivity index is 1.89. The Morgan fingerprint density at radius 3 is 2.58 bits per heavy atom. The number of thioether (sulfide) groups is 1. The van der Waals surface area contributed by atoms with Crippen LogP contribution in [0.15, 0.2) is 29.2 Å². The molecular formula is C15H22N2OS. The number of anilines is 1. The summed E-state index contributed by atoms with van der Waals surface area (Å²) in [5.74, 6) is 0.100. The standard InChI is InChI=1S/C15H22N2OS/c1-19-14-9-5-4-8-13(14)16-15(18)12-17-10-6-2-3-7-11-17/h4-5,8-9H,2-3,6-7,10-12H2,1H3,(H,16,18). The van der Waals surface area contributed by atoms with Gasteiger partial charge >= 0.3 is 0 Å². The molecule has 3 nitrogen and oxygen atoms in total. The number of benzene rings is 1. The number of carbonyl (C=O) groups is 1. The summed E-state index contributed by atoms with van der Waals surface area (Å²) in [6.45, 7) is 2.62. The fourth-order valence-corrected chi connectivity index (χ4v) is 2.99. The molecule has 0 saturated carbocycles. The number of hydrogen-bond acceptors (Lipinski definition) is 3. The number of carbonyl (C=O) groups excluding carboxylic acids is 1. The Morgan fingerprint density at radius 1 is 1.21 bits per heavy atom. The number of nitrogens with one attached hydrogen (secondary N) is 1. The summed E-state index contributed by atoms with van der Waals surface area (Å²) in [4.78, 5) is 15.5. The van der Waals surface area contributed by atoms with Crippen LogP contribution in [0.25, 0.3) is 0 Å². The smallest absolute Gasteiger partial charge is 0.238 e. The van der Waals surface area contributed by atoms with Gasteiger partial charge in [-0.1, -0.05) is 25.0 Å². The quantitative estimate of drug-likeness (QED) is 0.858. The van der Waals surface area contributed by atoms with Crippen molar-refractivity contribution in [3.8, 4) is 0 Å². The number of hydrogen-bond donors (Lipinski definition) is 1. The number of likely N-dealkylation sites (tertiary alicyclic amines) is 1. The Labute approximate surface area is 119 Å². The minimum atomic E-state index is 0.100. The number of para-hydroxylation sites is 1. The monoisotopic (exact) mass is 278 g/mol. The van der Waals surface area contributed by atoms with Crippen molar-refractivity contribution < 1.29 is 4.79 Å². The highest BCUT2D eigenvalue weighted by molar-refractivity contribution is 7.98. The summed E-state index contributed by atoms with van der Waals surface area (Å²) in [5.41, 5.74) is 0.926. The molecule has 0 radical (unpaired) electrons. The SMILES string of the molecule is CSc1ccccc1NC(=O)CN1CCCCCC1. The molecule has 1 saturated heterocycles. The van der Waals surface area contributed by atoms with Crippen molar-refractivity contribution in [1.29, 1.82) is 0 Å². The van der Waals surface area contributed by atoms with E-state index in [2.05, 4.69) is 10.2 Å². The molecule has 1 aliphatic heterocycles. The van der Waals surface area contributed by atoms with Gasteiger partial charge in [0, 0.05) is 4.90 Å². The Bertz CT molecular complexity index is 414. The maximum Gasteiger partial charge on any atom is 0.238 e. The molecule has 1 fully saturated rings. The van der Waals surface area contributed by atoms with Gasteiger partial charge in [-0.15, -0.1) is 11.8 Å². The lowest BCUT2D eigenvalue weighted by Gasteiger charge is -2.19. The van der Waals surface area contributed by atoms with E-state index in [1.807, 2.05) is 30.5 Å². The minimum Gasteiger partial charge on any atom is -0.324 e. The molecule has 0 aliphatic carbocycles. The van der Waals surface area contributed by atoms with Crippen LogP contribution in [0.3, 0.4) is 0 Å². The lowest BCUT2D eigenvalue weighted by atomic mass is 10.2. The molecule has 0 bridgehead atoms. The average molecular weight is 278 g/mol. The maximum absolute atomic E-state index is 12.1. The highest BCUT2D eigenvalue weighted by Crippen LogP contribution is 2.24. The highest BCUT2D eigenvalue weighted by Gasteiger charge is 2.13. The molecule has 1 N–H and O–H groups in total. The van der Waals surface area contributed by atoms with Gasteiger partial charge in [-0.25, -0.2) is 0 Å². The molecule has 0 spiro atoms. The zero-order valence-electron chi connectivity index (χ0n) is 11.5. The van der Waals surface area contributed by atoms with E-state index in [1.165, 1.54) is 25.7 Å². The minimum absolute atomic E-state index is 0.100. The fourth-order valence-electron chi connectivity index (χ4n) is 2.44. The summed E-state index contributed by atoms with van der Waals surface area (Å²) in [6, 6.07) is 7.95. The molecule has 1 aromatic rings. The van der Waals surface area contributed by atoms with Crippen molar-refractivity contribution in [2.24, 2.45) is 0 Å². The first-order valence-corrected chi connectivity index (χ1v) is 8.17. The number of nitrogens with zero attached hydrogens (tertiary/aromatic N) is 1. The van der Waals surface area contributed by atoms with Crippen molar-refractivity contribution in [3.05, 3.63) is 24.3 Å². The second-order valence-electron chi connectivity index (χ2n) is 4.94. The van der Waals surface area contributed by atoms with E-state index in [9.17, 15) is 4.79 Å². The molecule has 2 rings (SSSR count). The van der Waals surface area contributed by atoms with Crippen LogP contribution in [0.1, 0.15) is 25.7 Å². The molecule has 19 heavy (non-hydrogen) atoms. The Hall–Kier alpha value is -1.00. The second kappa shape index (κ2) is 7.56. The highest BCUT2D eigenvalue weighted by atomic mass is 32.2. The van der Waals surface area contributed by atoms with Gasteiger partial charge in [0.25, 0.3) is 0 Å². The van der Waals surface area contributed by atoms with Gasteiger partial charge in [-0.2, -0.15) is 0 Å². The van der Waals surface area contributed by atoms with E-state index < -0.39 is 0 Å². The Kier molecular flexibility index (Phi) is 5.73. The molecule has 104 valence electrons. The van der Waals surface area contributed by atoms with Crippen LogP contribution in [0, 0.1) is 0 Å². The average Bonchev–Trinajstić information content (AvgIpc) is 2.68. The third-order valence-electron chi connectivity index (χ3n) is 3.45. The van der Waals surface area contributed by atoms with Crippen LogP contribution in [-0.2, 0) is 4.79 Å². The van der Waals surface area contributed by atoms with Crippen LogP contribution < -0.4 is 5.32 Å². The molecule has 1 heterocycles. The summed E-state index contributed by atoms with van der Waals surface area (Å²) in [7, 11) is 0. The van der Waals surface area contributed by atoms with E-state index in [0.717, 1.165) is 23.7 Å². The number of amides is 1. The van der Waals surface area contributed by atoms with Gasteiger partial charge in [-0.3, -0.25) is 9.69 Å². The first-order chi connectivity index (χ1) is 9.29. The molecule has 4 heteroatoms. The van der Waals surface area contributed by atoms with Gasteiger partial charge in [0.1, 0.15) is 0 Å². The van der Waals surface area contributed by atoms with Crippen molar-refractivity contribution in [2.45, 2.75) is 30.6 Å². The molecule has 0 unspecified atom stereocenters. The molecular weight excluding hydrogens is 256 g/mol. The van der Waals surface area contributed by atoms with E-state index >= 15 is 0 Å². The van der Waals surface area contributed by atoms with Gasteiger partial charge in [0.05, 0.1) is 12.2 Å². The van der Waals surface area contributed by atoms with Crippen molar-refractivity contribution in [2.75, 3.05) is 31.2 Å². The van der Waals surface area contributed by atoms with Crippen LogP contribution in [0.2, 0.25) is 0 Å². The fraction of sp³-hybridized carbons (Fsp3) is 0.533. The van der Waals surface area contributed by atoms with Gasteiger partial charge in [0.2, 0.25) is 5.91 Å². The van der Waals surface area contributed by atoms with Gasteiger partial charge in [0.15, 0.2) is 0 Å². The predicted molar refractivity (Wildman–Crippen MR) is 81.8 cm³/mol. The third-order valence-corrected chi connectivity index (χ3v) is 4.24. The van der Waals surface area contributed by atoms with Crippen LogP contribution in [0.5, 0.6) is 0 Å². The van der Waals surface area contributed by atoms with Gasteiger partial charge in [-0.05, 0) is 44.3 Å². The Morgan fingerprint density at radius 2 is 1.89 bits per heavy atom. The second-order valence-corrected chi connectivity index (χ2v) is 5.79. The lowest BCUT2D eigenvalue weighted by Crippen LogP contribution is -2.34. The first kappa shape index (κ1) is 14.4. The van der Waals surface area contributed by atoms with Crippen LogP contribution >= 0.6 is 11.8 Å².